The fourth-order valence-corrected chi connectivity index (χ4v) is 2.90. The highest BCUT2D eigenvalue weighted by molar-refractivity contribution is 5.51. The Morgan fingerprint density at radius 2 is 2.22 bits per heavy atom. The standard InChI is InChI=1S/C15H19N5O3/c1-11-6-13(20(21)22)8-16-14(11)19-4-5-23-15(2,10-19)12-7-17-18(3)9-12/h6-9H,4-5,10H2,1-3H3. The van der Waals surface area contributed by atoms with Gasteiger partial charge >= 0.3 is 0 Å². The van der Waals surface area contributed by atoms with E-state index in [4.69, 9.17) is 4.74 Å². The highest BCUT2D eigenvalue weighted by Gasteiger charge is 2.36. The number of nitro groups is 1. The second kappa shape index (κ2) is 5.62. The average molecular weight is 317 g/mol. The van der Waals surface area contributed by atoms with Gasteiger partial charge in [0.15, 0.2) is 0 Å². The maximum absolute atomic E-state index is 10.9. The molecule has 1 atom stereocenters. The van der Waals surface area contributed by atoms with Crippen LogP contribution in [0, 0.1) is 17.0 Å². The van der Waals surface area contributed by atoms with Crippen LogP contribution in [-0.2, 0) is 17.4 Å². The molecule has 23 heavy (non-hydrogen) atoms. The summed E-state index contributed by atoms with van der Waals surface area (Å²) in [6, 6.07) is 1.55. The number of aryl methyl sites for hydroxylation is 2. The lowest BCUT2D eigenvalue weighted by Crippen LogP contribution is -2.48. The maximum atomic E-state index is 10.9. The minimum absolute atomic E-state index is 0.00882. The summed E-state index contributed by atoms with van der Waals surface area (Å²) in [5.41, 5.74) is 1.32. The molecule has 0 amide bonds. The second-order valence-electron chi connectivity index (χ2n) is 5.99. The van der Waals surface area contributed by atoms with E-state index in [1.807, 2.05) is 27.1 Å². The fourth-order valence-electron chi connectivity index (χ4n) is 2.90. The van der Waals surface area contributed by atoms with Crippen LogP contribution < -0.4 is 4.90 Å². The number of nitrogens with zero attached hydrogens (tertiary/aromatic N) is 5. The SMILES string of the molecule is Cc1cc([N+](=O)[O-])cnc1N1CCOC(C)(c2cnn(C)c2)C1. The molecule has 0 saturated carbocycles. The number of rotatable bonds is 3. The van der Waals surface area contributed by atoms with Gasteiger partial charge in [-0.25, -0.2) is 4.98 Å². The van der Waals surface area contributed by atoms with Crippen LogP contribution in [0.25, 0.3) is 0 Å². The summed E-state index contributed by atoms with van der Waals surface area (Å²) in [6.07, 6.45) is 5.05. The van der Waals surface area contributed by atoms with Crippen molar-refractivity contribution in [3.63, 3.8) is 0 Å². The molecular formula is C15H19N5O3. The van der Waals surface area contributed by atoms with E-state index in [1.165, 1.54) is 6.20 Å². The quantitative estimate of drug-likeness (QED) is 0.633. The lowest BCUT2D eigenvalue weighted by molar-refractivity contribution is -0.385. The van der Waals surface area contributed by atoms with E-state index < -0.39 is 10.5 Å². The van der Waals surface area contributed by atoms with Gasteiger partial charge in [-0.3, -0.25) is 14.8 Å². The predicted octanol–water partition coefficient (Wildman–Crippen LogP) is 1.78. The molecule has 8 heteroatoms. The molecule has 1 saturated heterocycles. The summed E-state index contributed by atoms with van der Waals surface area (Å²) < 4.78 is 7.74. The highest BCUT2D eigenvalue weighted by atomic mass is 16.6. The van der Waals surface area contributed by atoms with Crippen molar-refractivity contribution in [3.05, 3.63) is 45.9 Å². The third kappa shape index (κ3) is 2.89. The molecule has 1 aliphatic rings. The van der Waals surface area contributed by atoms with E-state index in [2.05, 4.69) is 15.0 Å². The summed E-state index contributed by atoms with van der Waals surface area (Å²) >= 11 is 0. The molecule has 0 spiro atoms. The van der Waals surface area contributed by atoms with Crippen molar-refractivity contribution >= 4 is 11.5 Å². The molecule has 0 aliphatic carbocycles. The lowest BCUT2D eigenvalue weighted by Gasteiger charge is -2.41. The number of anilines is 1. The van der Waals surface area contributed by atoms with E-state index in [-0.39, 0.29) is 5.69 Å². The summed E-state index contributed by atoms with van der Waals surface area (Å²) in [6.45, 7) is 5.73. The normalized spacial score (nSPS) is 21.4. The fraction of sp³-hybridized carbons (Fsp3) is 0.467. The zero-order valence-electron chi connectivity index (χ0n) is 13.4. The van der Waals surface area contributed by atoms with Crippen molar-refractivity contribution in [3.8, 4) is 0 Å². The first-order valence-corrected chi connectivity index (χ1v) is 7.38. The van der Waals surface area contributed by atoms with Gasteiger partial charge in [0.05, 0.1) is 24.3 Å². The van der Waals surface area contributed by atoms with Gasteiger partial charge in [0.2, 0.25) is 0 Å². The Morgan fingerprint density at radius 1 is 1.43 bits per heavy atom. The molecule has 0 radical (unpaired) electrons. The van der Waals surface area contributed by atoms with Crippen LogP contribution in [0.3, 0.4) is 0 Å². The van der Waals surface area contributed by atoms with E-state index >= 15 is 0 Å². The number of hydrogen-bond acceptors (Lipinski definition) is 6. The third-order valence-corrected chi connectivity index (χ3v) is 4.14. The molecule has 0 bridgehead atoms. The molecule has 2 aromatic rings. The van der Waals surface area contributed by atoms with Crippen LogP contribution in [0.2, 0.25) is 0 Å². The minimum atomic E-state index is -0.484. The van der Waals surface area contributed by atoms with E-state index in [0.717, 1.165) is 16.9 Å². The van der Waals surface area contributed by atoms with Gasteiger partial charge in [0, 0.05) is 31.4 Å². The smallest absolute Gasteiger partial charge is 0.287 e. The van der Waals surface area contributed by atoms with Crippen LogP contribution in [0.15, 0.2) is 24.7 Å². The summed E-state index contributed by atoms with van der Waals surface area (Å²) in [7, 11) is 1.87. The van der Waals surface area contributed by atoms with Crippen molar-refractivity contribution in [1.29, 1.82) is 0 Å². The van der Waals surface area contributed by atoms with Crippen LogP contribution in [0.5, 0.6) is 0 Å². The second-order valence-corrected chi connectivity index (χ2v) is 5.99. The Kier molecular flexibility index (Phi) is 3.77. The first-order chi connectivity index (χ1) is 10.9. The largest absolute Gasteiger partial charge is 0.367 e. The monoisotopic (exact) mass is 317 g/mol. The van der Waals surface area contributed by atoms with Crippen LogP contribution >= 0.6 is 0 Å². The Bertz CT molecular complexity index is 744. The lowest BCUT2D eigenvalue weighted by atomic mass is 9.96. The molecule has 1 fully saturated rings. The molecule has 8 nitrogen and oxygen atoms in total. The zero-order valence-corrected chi connectivity index (χ0v) is 13.4. The Balaban J connectivity index is 1.88. The van der Waals surface area contributed by atoms with Crippen molar-refractivity contribution in [2.75, 3.05) is 24.6 Å². The number of aromatic nitrogens is 3. The molecule has 1 aliphatic heterocycles. The molecule has 0 aromatic carbocycles. The Hall–Kier alpha value is -2.48. The summed E-state index contributed by atoms with van der Waals surface area (Å²) in [5.74, 6) is 0.758. The van der Waals surface area contributed by atoms with Crippen LogP contribution in [-0.4, -0.2) is 39.4 Å². The molecule has 3 heterocycles. The van der Waals surface area contributed by atoms with Gasteiger partial charge in [0.1, 0.15) is 17.6 Å². The van der Waals surface area contributed by atoms with E-state index in [0.29, 0.717) is 19.7 Å². The maximum Gasteiger partial charge on any atom is 0.287 e. The van der Waals surface area contributed by atoms with Gasteiger partial charge in [0.25, 0.3) is 5.69 Å². The molecule has 1 unspecified atom stereocenters. The first-order valence-electron chi connectivity index (χ1n) is 7.38. The topological polar surface area (TPSA) is 86.3 Å². The molecular weight excluding hydrogens is 298 g/mol. The molecule has 3 rings (SSSR count). The Labute approximate surface area is 133 Å². The van der Waals surface area contributed by atoms with Gasteiger partial charge < -0.3 is 9.64 Å². The van der Waals surface area contributed by atoms with Gasteiger partial charge in [-0.1, -0.05) is 0 Å². The van der Waals surface area contributed by atoms with Crippen molar-refractivity contribution in [1.82, 2.24) is 14.8 Å². The number of pyridine rings is 1. The first kappa shape index (κ1) is 15.4. The van der Waals surface area contributed by atoms with Gasteiger partial charge in [-0.15, -0.1) is 0 Å². The minimum Gasteiger partial charge on any atom is -0.367 e. The molecule has 0 N–H and O–H groups in total. The molecule has 2 aromatic heterocycles. The van der Waals surface area contributed by atoms with Crippen LogP contribution in [0.1, 0.15) is 18.1 Å². The average Bonchev–Trinajstić information content (AvgIpc) is 2.94. The van der Waals surface area contributed by atoms with Gasteiger partial charge in [-0.2, -0.15) is 5.10 Å². The third-order valence-electron chi connectivity index (χ3n) is 4.14. The van der Waals surface area contributed by atoms with Crippen LogP contribution in [0.4, 0.5) is 11.5 Å². The number of hydrogen-bond donors (Lipinski definition) is 0. The van der Waals surface area contributed by atoms with Crippen molar-refractivity contribution in [2.45, 2.75) is 19.4 Å². The summed E-state index contributed by atoms with van der Waals surface area (Å²) in [5, 5.41) is 15.1. The Morgan fingerprint density at radius 3 is 2.83 bits per heavy atom. The predicted molar refractivity (Wildman–Crippen MR) is 84.4 cm³/mol. The highest BCUT2D eigenvalue weighted by Crippen LogP contribution is 2.32. The van der Waals surface area contributed by atoms with Crippen molar-refractivity contribution < 1.29 is 9.66 Å². The van der Waals surface area contributed by atoms with Gasteiger partial charge in [-0.05, 0) is 19.4 Å². The van der Waals surface area contributed by atoms with E-state index in [9.17, 15) is 10.1 Å². The number of morpholine rings is 1. The van der Waals surface area contributed by atoms with Crippen molar-refractivity contribution in [2.24, 2.45) is 7.05 Å². The zero-order chi connectivity index (χ0) is 16.6. The summed E-state index contributed by atoms with van der Waals surface area (Å²) in [4.78, 5) is 16.8. The van der Waals surface area contributed by atoms with E-state index in [1.54, 1.807) is 16.9 Å². The number of ether oxygens (including phenoxy) is 1. The molecule has 122 valence electrons.